The minimum Gasteiger partial charge on any atom is -0.493 e. The van der Waals surface area contributed by atoms with Crippen LogP contribution in [-0.2, 0) is 11.3 Å². The van der Waals surface area contributed by atoms with Gasteiger partial charge in [0.15, 0.2) is 11.5 Å². The fraction of sp³-hybridized carbons (Fsp3) is 0.391. The number of amides is 1. The van der Waals surface area contributed by atoms with Gasteiger partial charge in [0.05, 0.1) is 32.6 Å². The van der Waals surface area contributed by atoms with Crippen LogP contribution in [0.15, 0.2) is 35.7 Å². The number of ether oxygens (including phenoxy) is 3. The summed E-state index contributed by atoms with van der Waals surface area (Å²) in [5.74, 6) is 1.30. The van der Waals surface area contributed by atoms with Gasteiger partial charge in [0.1, 0.15) is 9.88 Å². The third-order valence-electron chi connectivity index (χ3n) is 5.28. The lowest BCUT2D eigenvalue weighted by Gasteiger charge is -2.24. The molecule has 2 aromatic heterocycles. The Labute approximate surface area is 190 Å². The molecule has 164 valence electrons. The smallest absolute Gasteiger partial charge is 0.266 e. The summed E-state index contributed by atoms with van der Waals surface area (Å²) in [6.45, 7) is 3.84. The molecule has 0 bridgehead atoms. The van der Waals surface area contributed by atoms with Crippen LogP contribution in [0.2, 0.25) is 0 Å². The van der Waals surface area contributed by atoms with Crippen LogP contribution in [0.3, 0.4) is 0 Å². The molecule has 4 rings (SSSR count). The lowest BCUT2D eigenvalue weighted by atomic mass is 10.2. The van der Waals surface area contributed by atoms with Crippen LogP contribution in [0.25, 0.3) is 10.6 Å². The molecule has 8 heteroatoms. The minimum atomic E-state index is 0.00521. The number of aryl methyl sites for hydroxylation is 1. The number of thiazole rings is 1. The summed E-state index contributed by atoms with van der Waals surface area (Å²) in [6, 6.07) is 9.76. The standard InChI is InChI=1S/C23H26N2O4S2/c1-15-21(31-22(24-15)16-8-9-19(27-2)20(12-16)28-3)23(26)25(13-17-6-4-10-29-17)14-18-7-5-11-30-18/h5,7-9,11-12,17H,4,6,10,13-14H2,1-3H3. The summed E-state index contributed by atoms with van der Waals surface area (Å²) in [7, 11) is 3.22. The van der Waals surface area contributed by atoms with Gasteiger partial charge >= 0.3 is 0 Å². The van der Waals surface area contributed by atoms with E-state index in [1.54, 1.807) is 25.6 Å². The van der Waals surface area contributed by atoms with E-state index in [0.717, 1.165) is 40.6 Å². The zero-order chi connectivity index (χ0) is 21.8. The fourth-order valence-corrected chi connectivity index (χ4v) is 5.43. The molecule has 1 fully saturated rings. The number of rotatable bonds is 8. The number of carbonyl (C=O) groups excluding carboxylic acids is 1. The summed E-state index contributed by atoms with van der Waals surface area (Å²) >= 11 is 3.08. The second-order valence-electron chi connectivity index (χ2n) is 7.40. The van der Waals surface area contributed by atoms with Gasteiger partial charge in [-0.05, 0) is 49.4 Å². The zero-order valence-corrected chi connectivity index (χ0v) is 19.6. The number of thiophene rings is 1. The molecule has 0 saturated carbocycles. The normalized spacial score (nSPS) is 15.8. The van der Waals surface area contributed by atoms with Crippen LogP contribution in [0, 0.1) is 6.92 Å². The summed E-state index contributed by atoms with van der Waals surface area (Å²) in [5.41, 5.74) is 1.64. The SMILES string of the molecule is COc1ccc(-c2nc(C)c(C(=O)N(Cc3cccs3)CC3CCCO3)s2)cc1OC. The molecule has 1 aromatic carbocycles. The van der Waals surface area contributed by atoms with Gasteiger partial charge in [0.25, 0.3) is 5.91 Å². The van der Waals surface area contributed by atoms with Crippen molar-refractivity contribution in [3.8, 4) is 22.1 Å². The van der Waals surface area contributed by atoms with Crippen LogP contribution in [0.5, 0.6) is 11.5 Å². The Bertz CT molecular complexity index is 1030. The van der Waals surface area contributed by atoms with E-state index in [4.69, 9.17) is 19.2 Å². The molecule has 3 aromatic rings. The van der Waals surface area contributed by atoms with E-state index in [-0.39, 0.29) is 12.0 Å². The van der Waals surface area contributed by atoms with Crippen LogP contribution in [-0.4, -0.2) is 49.3 Å². The molecule has 1 atom stereocenters. The zero-order valence-electron chi connectivity index (χ0n) is 17.9. The maximum absolute atomic E-state index is 13.5. The molecule has 3 heterocycles. The fourth-order valence-electron chi connectivity index (χ4n) is 3.68. The maximum atomic E-state index is 13.5. The molecular weight excluding hydrogens is 432 g/mol. The van der Waals surface area contributed by atoms with Crippen molar-refractivity contribution in [2.75, 3.05) is 27.4 Å². The van der Waals surface area contributed by atoms with E-state index in [1.807, 2.05) is 41.5 Å². The highest BCUT2D eigenvalue weighted by atomic mass is 32.1. The van der Waals surface area contributed by atoms with Gasteiger partial charge in [-0.2, -0.15) is 0 Å². The predicted molar refractivity (Wildman–Crippen MR) is 123 cm³/mol. The predicted octanol–water partition coefficient (Wildman–Crippen LogP) is 5.02. The Kier molecular flexibility index (Phi) is 6.89. The first-order chi connectivity index (χ1) is 15.1. The number of benzene rings is 1. The van der Waals surface area contributed by atoms with E-state index in [1.165, 1.54) is 11.3 Å². The Morgan fingerprint density at radius 1 is 1.26 bits per heavy atom. The van der Waals surface area contributed by atoms with Gasteiger partial charge in [-0.25, -0.2) is 4.98 Å². The van der Waals surface area contributed by atoms with E-state index in [2.05, 4.69) is 6.07 Å². The van der Waals surface area contributed by atoms with Crippen LogP contribution < -0.4 is 9.47 Å². The Balaban J connectivity index is 1.60. The lowest BCUT2D eigenvalue weighted by Crippen LogP contribution is -2.36. The third kappa shape index (κ3) is 4.92. The van der Waals surface area contributed by atoms with Crippen molar-refractivity contribution in [3.05, 3.63) is 51.2 Å². The molecule has 0 radical (unpaired) electrons. The molecular formula is C23H26N2O4S2. The minimum absolute atomic E-state index is 0.00521. The van der Waals surface area contributed by atoms with E-state index in [0.29, 0.717) is 29.5 Å². The van der Waals surface area contributed by atoms with Crippen molar-refractivity contribution in [1.82, 2.24) is 9.88 Å². The summed E-state index contributed by atoms with van der Waals surface area (Å²) in [6.07, 6.45) is 2.14. The first kappa shape index (κ1) is 21.8. The highest BCUT2D eigenvalue weighted by Gasteiger charge is 2.27. The van der Waals surface area contributed by atoms with Crippen LogP contribution in [0.4, 0.5) is 0 Å². The van der Waals surface area contributed by atoms with Crippen molar-refractivity contribution in [3.63, 3.8) is 0 Å². The van der Waals surface area contributed by atoms with Gasteiger partial charge in [0, 0.05) is 23.6 Å². The monoisotopic (exact) mass is 458 g/mol. The number of hydrogen-bond acceptors (Lipinski definition) is 7. The topological polar surface area (TPSA) is 60.9 Å². The van der Waals surface area contributed by atoms with E-state index in [9.17, 15) is 4.79 Å². The van der Waals surface area contributed by atoms with Gasteiger partial charge in [-0.1, -0.05) is 6.07 Å². The second kappa shape index (κ2) is 9.80. The highest BCUT2D eigenvalue weighted by Crippen LogP contribution is 2.35. The lowest BCUT2D eigenvalue weighted by molar-refractivity contribution is 0.0512. The van der Waals surface area contributed by atoms with Gasteiger partial charge in [-0.3, -0.25) is 4.79 Å². The van der Waals surface area contributed by atoms with Crippen molar-refractivity contribution < 1.29 is 19.0 Å². The van der Waals surface area contributed by atoms with Gasteiger partial charge in [0.2, 0.25) is 0 Å². The molecule has 1 aliphatic heterocycles. The van der Waals surface area contributed by atoms with Crippen molar-refractivity contribution in [2.45, 2.75) is 32.4 Å². The molecule has 31 heavy (non-hydrogen) atoms. The largest absolute Gasteiger partial charge is 0.493 e. The number of aromatic nitrogens is 1. The molecule has 1 amide bonds. The van der Waals surface area contributed by atoms with Crippen LogP contribution in [0.1, 0.15) is 33.1 Å². The summed E-state index contributed by atoms with van der Waals surface area (Å²) < 4.78 is 16.6. The highest BCUT2D eigenvalue weighted by molar-refractivity contribution is 7.17. The summed E-state index contributed by atoms with van der Waals surface area (Å²) in [4.78, 5) is 22.0. The number of nitrogens with zero attached hydrogens (tertiary/aromatic N) is 2. The molecule has 0 N–H and O–H groups in total. The molecule has 0 aliphatic carbocycles. The number of hydrogen-bond donors (Lipinski definition) is 0. The molecule has 6 nitrogen and oxygen atoms in total. The Morgan fingerprint density at radius 2 is 2.10 bits per heavy atom. The van der Waals surface area contributed by atoms with Crippen molar-refractivity contribution in [2.24, 2.45) is 0 Å². The van der Waals surface area contributed by atoms with Crippen molar-refractivity contribution in [1.29, 1.82) is 0 Å². The van der Waals surface area contributed by atoms with Crippen LogP contribution >= 0.6 is 22.7 Å². The number of carbonyl (C=O) groups is 1. The first-order valence-corrected chi connectivity index (χ1v) is 11.9. The van der Waals surface area contributed by atoms with E-state index < -0.39 is 0 Å². The number of methoxy groups -OCH3 is 2. The van der Waals surface area contributed by atoms with Gasteiger partial charge < -0.3 is 19.1 Å². The molecule has 1 unspecified atom stereocenters. The third-order valence-corrected chi connectivity index (χ3v) is 7.34. The average Bonchev–Trinajstić information content (AvgIpc) is 3.55. The average molecular weight is 459 g/mol. The first-order valence-electron chi connectivity index (χ1n) is 10.2. The Hall–Kier alpha value is -2.42. The van der Waals surface area contributed by atoms with Crippen molar-refractivity contribution >= 4 is 28.6 Å². The molecule has 1 saturated heterocycles. The molecule has 0 spiro atoms. The maximum Gasteiger partial charge on any atom is 0.266 e. The molecule has 1 aliphatic rings. The quantitative estimate of drug-likeness (QED) is 0.474. The van der Waals surface area contributed by atoms with E-state index >= 15 is 0 Å². The summed E-state index contributed by atoms with van der Waals surface area (Å²) in [5, 5.41) is 2.83. The Morgan fingerprint density at radius 3 is 2.77 bits per heavy atom. The second-order valence-corrected chi connectivity index (χ2v) is 9.43. The van der Waals surface area contributed by atoms with Gasteiger partial charge in [-0.15, -0.1) is 22.7 Å².